The largest absolute Gasteiger partial charge is 0.484 e. The monoisotopic (exact) mass is 417 g/mol. The molecule has 160 valence electrons. The topological polar surface area (TPSA) is 80.3 Å². The first-order valence-electron chi connectivity index (χ1n) is 10.2. The molecule has 1 heterocycles. The molecule has 0 aliphatic carbocycles. The van der Waals surface area contributed by atoms with Crippen LogP contribution in [0.3, 0.4) is 0 Å². The molecule has 0 aliphatic heterocycles. The first kappa shape index (κ1) is 22.0. The van der Waals surface area contributed by atoms with E-state index in [9.17, 15) is 9.59 Å². The molecule has 0 saturated carbocycles. The highest BCUT2D eigenvalue weighted by molar-refractivity contribution is 6.04. The summed E-state index contributed by atoms with van der Waals surface area (Å²) in [4.78, 5) is 28.4. The van der Waals surface area contributed by atoms with Crippen molar-refractivity contribution in [2.45, 2.75) is 33.2 Å². The molecule has 0 aliphatic rings. The van der Waals surface area contributed by atoms with E-state index in [4.69, 9.17) is 4.74 Å². The summed E-state index contributed by atoms with van der Waals surface area (Å²) in [6.45, 7) is 6.62. The molecule has 2 N–H and O–H groups in total. The lowest BCUT2D eigenvalue weighted by Crippen LogP contribution is -2.28. The summed E-state index contributed by atoms with van der Waals surface area (Å²) in [6, 6.07) is 16.6. The summed E-state index contributed by atoms with van der Waals surface area (Å²) < 4.78 is 5.62. The Morgan fingerprint density at radius 3 is 2.61 bits per heavy atom. The van der Waals surface area contributed by atoms with Crippen molar-refractivity contribution in [1.29, 1.82) is 0 Å². The summed E-state index contributed by atoms with van der Waals surface area (Å²) in [5.41, 5.74) is 4.42. The number of amides is 2. The van der Waals surface area contributed by atoms with Crippen LogP contribution in [0.15, 0.2) is 67.0 Å². The molecule has 3 aromatic rings. The Morgan fingerprint density at radius 2 is 1.90 bits per heavy atom. The number of ether oxygens (including phenoxy) is 1. The van der Waals surface area contributed by atoms with Gasteiger partial charge in [-0.3, -0.25) is 14.6 Å². The van der Waals surface area contributed by atoms with Crippen LogP contribution in [0.4, 0.5) is 5.69 Å². The van der Waals surface area contributed by atoms with E-state index >= 15 is 0 Å². The molecule has 2 amide bonds. The zero-order chi connectivity index (χ0) is 22.2. The fraction of sp³-hybridized carbons (Fsp3) is 0.240. The Kier molecular flexibility index (Phi) is 7.38. The van der Waals surface area contributed by atoms with Gasteiger partial charge in [0.15, 0.2) is 6.61 Å². The van der Waals surface area contributed by atoms with Crippen LogP contribution >= 0.6 is 0 Å². The number of nitrogens with one attached hydrogen (secondary N) is 2. The van der Waals surface area contributed by atoms with E-state index in [2.05, 4.69) is 29.5 Å². The minimum absolute atomic E-state index is 0.0576. The van der Waals surface area contributed by atoms with Gasteiger partial charge in [0.05, 0.1) is 5.56 Å². The maximum atomic E-state index is 12.3. The van der Waals surface area contributed by atoms with E-state index in [0.29, 0.717) is 29.5 Å². The number of anilines is 1. The quantitative estimate of drug-likeness (QED) is 0.567. The summed E-state index contributed by atoms with van der Waals surface area (Å²) in [5, 5.41) is 5.67. The van der Waals surface area contributed by atoms with Crippen molar-refractivity contribution in [3.8, 4) is 5.75 Å². The van der Waals surface area contributed by atoms with E-state index in [-0.39, 0.29) is 18.4 Å². The molecule has 2 aromatic carbocycles. The van der Waals surface area contributed by atoms with Crippen LogP contribution in [0.1, 0.15) is 46.8 Å². The standard InChI is InChI=1S/C25H27N3O3/c1-17(2)23-10-9-22(12-18(23)3)31-16-24(29)27-14-19-6-4-8-21(13-19)28-25(30)20-7-5-11-26-15-20/h4-13,15,17H,14,16H2,1-3H3,(H,27,29)(H,28,30). The van der Waals surface area contributed by atoms with E-state index in [1.54, 1.807) is 24.4 Å². The molecule has 0 fully saturated rings. The van der Waals surface area contributed by atoms with Gasteiger partial charge in [-0.1, -0.05) is 32.0 Å². The summed E-state index contributed by atoms with van der Waals surface area (Å²) in [5.74, 6) is 0.677. The Labute approximate surface area is 182 Å². The summed E-state index contributed by atoms with van der Waals surface area (Å²) in [6.07, 6.45) is 3.13. The predicted octanol–water partition coefficient (Wildman–Crippen LogP) is 4.46. The minimum atomic E-state index is -0.235. The van der Waals surface area contributed by atoms with Crippen LogP contribution in [-0.4, -0.2) is 23.4 Å². The normalized spacial score (nSPS) is 10.6. The number of carbonyl (C=O) groups is 2. The van der Waals surface area contributed by atoms with Crippen molar-refractivity contribution < 1.29 is 14.3 Å². The Hall–Kier alpha value is -3.67. The molecule has 0 spiro atoms. The van der Waals surface area contributed by atoms with Crippen molar-refractivity contribution in [3.05, 3.63) is 89.2 Å². The molecule has 3 rings (SSSR count). The van der Waals surface area contributed by atoms with Crippen LogP contribution in [0.25, 0.3) is 0 Å². The molecular weight excluding hydrogens is 390 g/mol. The van der Waals surface area contributed by atoms with Gasteiger partial charge in [-0.05, 0) is 65.9 Å². The second-order valence-electron chi connectivity index (χ2n) is 7.63. The van der Waals surface area contributed by atoms with Crippen molar-refractivity contribution in [2.75, 3.05) is 11.9 Å². The highest BCUT2D eigenvalue weighted by Crippen LogP contribution is 2.23. The average molecular weight is 418 g/mol. The first-order valence-corrected chi connectivity index (χ1v) is 10.2. The molecule has 0 unspecified atom stereocenters. The molecule has 0 saturated heterocycles. The minimum Gasteiger partial charge on any atom is -0.484 e. The third-order valence-electron chi connectivity index (χ3n) is 4.83. The lowest BCUT2D eigenvalue weighted by molar-refractivity contribution is -0.123. The van der Waals surface area contributed by atoms with Crippen LogP contribution < -0.4 is 15.4 Å². The van der Waals surface area contributed by atoms with Gasteiger partial charge in [0, 0.05) is 24.6 Å². The zero-order valence-electron chi connectivity index (χ0n) is 18.0. The molecule has 0 bridgehead atoms. The van der Waals surface area contributed by atoms with Crippen molar-refractivity contribution in [2.24, 2.45) is 0 Å². The molecule has 0 atom stereocenters. The van der Waals surface area contributed by atoms with E-state index < -0.39 is 0 Å². The maximum absolute atomic E-state index is 12.3. The van der Waals surface area contributed by atoms with Gasteiger partial charge < -0.3 is 15.4 Å². The molecule has 0 radical (unpaired) electrons. The highest BCUT2D eigenvalue weighted by atomic mass is 16.5. The number of hydrogen-bond donors (Lipinski definition) is 2. The van der Waals surface area contributed by atoms with Gasteiger partial charge in [-0.25, -0.2) is 0 Å². The Bertz CT molecular complexity index is 1050. The number of aromatic nitrogens is 1. The molecule has 6 nitrogen and oxygen atoms in total. The van der Waals surface area contributed by atoms with Gasteiger partial charge in [0.25, 0.3) is 11.8 Å². The fourth-order valence-electron chi connectivity index (χ4n) is 3.25. The number of carbonyl (C=O) groups excluding carboxylic acids is 2. The maximum Gasteiger partial charge on any atom is 0.258 e. The van der Waals surface area contributed by atoms with E-state index in [1.165, 1.54) is 11.8 Å². The predicted molar refractivity (Wildman–Crippen MR) is 121 cm³/mol. The summed E-state index contributed by atoms with van der Waals surface area (Å²) >= 11 is 0. The number of pyridine rings is 1. The lowest BCUT2D eigenvalue weighted by atomic mass is 9.98. The van der Waals surface area contributed by atoms with Gasteiger partial charge >= 0.3 is 0 Å². The van der Waals surface area contributed by atoms with Gasteiger partial charge in [-0.15, -0.1) is 0 Å². The van der Waals surface area contributed by atoms with Crippen LogP contribution in [0, 0.1) is 6.92 Å². The SMILES string of the molecule is Cc1cc(OCC(=O)NCc2cccc(NC(=O)c3cccnc3)c2)ccc1C(C)C. The summed E-state index contributed by atoms with van der Waals surface area (Å²) in [7, 11) is 0. The number of aryl methyl sites for hydroxylation is 1. The average Bonchev–Trinajstić information content (AvgIpc) is 2.77. The molecule has 1 aromatic heterocycles. The first-order chi connectivity index (χ1) is 14.9. The number of rotatable bonds is 8. The van der Waals surface area contributed by atoms with Gasteiger partial charge in [0.2, 0.25) is 0 Å². The smallest absolute Gasteiger partial charge is 0.258 e. The van der Waals surface area contributed by atoms with Gasteiger partial charge in [0.1, 0.15) is 5.75 Å². The van der Waals surface area contributed by atoms with Crippen LogP contribution in [-0.2, 0) is 11.3 Å². The Balaban J connectivity index is 1.49. The molecule has 6 heteroatoms. The molecule has 31 heavy (non-hydrogen) atoms. The zero-order valence-corrected chi connectivity index (χ0v) is 18.0. The molecular formula is C25H27N3O3. The second kappa shape index (κ2) is 10.4. The number of nitrogens with zero attached hydrogens (tertiary/aromatic N) is 1. The van der Waals surface area contributed by atoms with Crippen molar-refractivity contribution in [1.82, 2.24) is 10.3 Å². The highest BCUT2D eigenvalue weighted by Gasteiger charge is 2.08. The number of benzene rings is 2. The van der Waals surface area contributed by atoms with Crippen molar-refractivity contribution >= 4 is 17.5 Å². The van der Waals surface area contributed by atoms with E-state index in [1.807, 2.05) is 43.3 Å². The Morgan fingerprint density at radius 1 is 1.06 bits per heavy atom. The second-order valence-corrected chi connectivity index (χ2v) is 7.63. The lowest BCUT2D eigenvalue weighted by Gasteiger charge is -2.13. The van der Waals surface area contributed by atoms with Crippen LogP contribution in [0.5, 0.6) is 5.75 Å². The number of hydrogen-bond acceptors (Lipinski definition) is 4. The van der Waals surface area contributed by atoms with Gasteiger partial charge in [-0.2, -0.15) is 0 Å². The third kappa shape index (κ3) is 6.40. The third-order valence-corrected chi connectivity index (χ3v) is 4.83. The van der Waals surface area contributed by atoms with E-state index in [0.717, 1.165) is 11.1 Å². The van der Waals surface area contributed by atoms with Crippen LogP contribution in [0.2, 0.25) is 0 Å². The van der Waals surface area contributed by atoms with Crippen molar-refractivity contribution in [3.63, 3.8) is 0 Å². The fourth-order valence-corrected chi connectivity index (χ4v) is 3.25.